The zero-order chi connectivity index (χ0) is 19.1. The fourth-order valence-electron chi connectivity index (χ4n) is 1.81. The van der Waals surface area contributed by atoms with Crippen LogP contribution in [0, 0.1) is 10.1 Å². The molecule has 0 saturated heterocycles. The van der Waals surface area contributed by atoms with E-state index in [-0.39, 0.29) is 23.0 Å². The number of nitro benzene ring substituents is 1. The largest absolute Gasteiger partial charge is 0.449 e. The SMILES string of the molecule is CNc1ccc(C(=O)O[C@@H](C)C(=O)NC(=O)NC(C)C)cc1[N+](=O)[O-]. The molecule has 0 spiro atoms. The summed E-state index contributed by atoms with van der Waals surface area (Å²) in [5.74, 6) is -1.73. The van der Waals surface area contributed by atoms with Gasteiger partial charge in [0.05, 0.1) is 10.5 Å². The molecule has 0 unspecified atom stereocenters. The summed E-state index contributed by atoms with van der Waals surface area (Å²) >= 11 is 0. The van der Waals surface area contributed by atoms with Crippen LogP contribution in [0.2, 0.25) is 0 Å². The maximum atomic E-state index is 12.1. The van der Waals surface area contributed by atoms with Gasteiger partial charge in [-0.3, -0.25) is 20.2 Å². The summed E-state index contributed by atoms with van der Waals surface area (Å²) in [4.78, 5) is 45.7. The number of amides is 3. The van der Waals surface area contributed by atoms with Gasteiger partial charge >= 0.3 is 12.0 Å². The lowest BCUT2D eigenvalue weighted by Gasteiger charge is -2.14. The molecule has 0 aromatic heterocycles. The van der Waals surface area contributed by atoms with Crippen molar-refractivity contribution >= 4 is 29.3 Å². The van der Waals surface area contributed by atoms with Crippen molar-refractivity contribution < 1.29 is 24.0 Å². The minimum Gasteiger partial charge on any atom is -0.449 e. The van der Waals surface area contributed by atoms with E-state index in [4.69, 9.17) is 4.74 Å². The molecule has 0 bridgehead atoms. The van der Waals surface area contributed by atoms with Crippen LogP contribution in [0.25, 0.3) is 0 Å². The van der Waals surface area contributed by atoms with Crippen molar-refractivity contribution in [3.63, 3.8) is 0 Å². The highest BCUT2D eigenvalue weighted by Gasteiger charge is 2.23. The average Bonchev–Trinajstić information content (AvgIpc) is 2.52. The van der Waals surface area contributed by atoms with E-state index in [2.05, 4.69) is 10.6 Å². The van der Waals surface area contributed by atoms with Crippen molar-refractivity contribution in [1.29, 1.82) is 0 Å². The molecule has 0 aliphatic heterocycles. The van der Waals surface area contributed by atoms with Gasteiger partial charge in [-0.15, -0.1) is 0 Å². The number of rotatable bonds is 6. The average molecular weight is 352 g/mol. The molecule has 25 heavy (non-hydrogen) atoms. The number of benzene rings is 1. The third kappa shape index (κ3) is 5.75. The Hall–Kier alpha value is -3.17. The van der Waals surface area contributed by atoms with Gasteiger partial charge in [-0.25, -0.2) is 9.59 Å². The van der Waals surface area contributed by atoms with E-state index in [1.54, 1.807) is 13.8 Å². The van der Waals surface area contributed by atoms with Crippen molar-refractivity contribution in [2.45, 2.75) is 32.9 Å². The Morgan fingerprint density at radius 2 is 1.84 bits per heavy atom. The van der Waals surface area contributed by atoms with Crippen molar-refractivity contribution in [2.75, 3.05) is 12.4 Å². The summed E-state index contributed by atoms with van der Waals surface area (Å²) in [5, 5.41) is 18.1. The lowest BCUT2D eigenvalue weighted by molar-refractivity contribution is -0.384. The van der Waals surface area contributed by atoms with Gasteiger partial charge in [-0.1, -0.05) is 0 Å². The quantitative estimate of drug-likeness (QED) is 0.399. The van der Waals surface area contributed by atoms with Crippen LogP contribution in [-0.2, 0) is 9.53 Å². The molecule has 3 N–H and O–H groups in total. The number of nitro groups is 1. The van der Waals surface area contributed by atoms with Gasteiger partial charge in [0.2, 0.25) is 0 Å². The fourth-order valence-corrected chi connectivity index (χ4v) is 1.81. The standard InChI is InChI=1S/C15H20N4O6/c1-8(2)17-15(22)18-13(20)9(3)25-14(21)10-5-6-11(16-4)12(7-10)19(23)24/h5-9,16H,1-4H3,(H2,17,18,20,22)/t9-/m0/s1. The first-order chi connectivity index (χ1) is 11.6. The lowest BCUT2D eigenvalue weighted by Crippen LogP contribution is -2.46. The van der Waals surface area contributed by atoms with E-state index < -0.39 is 28.9 Å². The van der Waals surface area contributed by atoms with E-state index in [9.17, 15) is 24.5 Å². The normalized spacial score (nSPS) is 11.4. The Morgan fingerprint density at radius 1 is 1.20 bits per heavy atom. The van der Waals surface area contributed by atoms with Gasteiger partial charge in [-0.2, -0.15) is 0 Å². The molecule has 0 heterocycles. The monoisotopic (exact) mass is 352 g/mol. The molecular formula is C15H20N4O6. The number of carbonyl (C=O) groups is 3. The molecule has 3 amide bonds. The highest BCUT2D eigenvalue weighted by atomic mass is 16.6. The Kier molecular flexibility index (Phi) is 6.85. The van der Waals surface area contributed by atoms with Crippen molar-refractivity contribution in [3.05, 3.63) is 33.9 Å². The summed E-state index contributed by atoms with van der Waals surface area (Å²) in [6.45, 7) is 4.72. The first kappa shape index (κ1) is 19.9. The smallest absolute Gasteiger partial charge is 0.339 e. The Labute approximate surface area is 144 Å². The zero-order valence-electron chi connectivity index (χ0n) is 14.3. The molecule has 1 atom stereocenters. The van der Waals surface area contributed by atoms with Gasteiger partial charge in [0, 0.05) is 19.2 Å². The summed E-state index contributed by atoms with van der Waals surface area (Å²) < 4.78 is 4.94. The molecular weight excluding hydrogens is 332 g/mol. The first-order valence-corrected chi connectivity index (χ1v) is 7.44. The summed E-state index contributed by atoms with van der Waals surface area (Å²) in [5.41, 5.74) is -0.153. The Balaban J connectivity index is 2.78. The molecule has 0 fully saturated rings. The number of hydrogen-bond donors (Lipinski definition) is 3. The molecule has 10 nitrogen and oxygen atoms in total. The Bertz CT molecular complexity index is 689. The minimum atomic E-state index is -1.26. The highest BCUT2D eigenvalue weighted by Crippen LogP contribution is 2.25. The van der Waals surface area contributed by atoms with E-state index in [1.165, 1.54) is 26.1 Å². The van der Waals surface area contributed by atoms with Crippen LogP contribution in [0.5, 0.6) is 0 Å². The number of urea groups is 1. The van der Waals surface area contributed by atoms with Gasteiger partial charge in [0.1, 0.15) is 5.69 Å². The highest BCUT2D eigenvalue weighted by molar-refractivity contribution is 5.98. The second kappa shape index (κ2) is 8.62. The number of hydrogen-bond acceptors (Lipinski definition) is 7. The second-order valence-corrected chi connectivity index (χ2v) is 5.40. The predicted octanol–water partition coefficient (Wildman–Crippen LogP) is 1.42. The summed E-state index contributed by atoms with van der Waals surface area (Å²) in [6, 6.07) is 2.85. The van der Waals surface area contributed by atoms with Crippen molar-refractivity contribution in [3.8, 4) is 0 Å². The number of imide groups is 1. The number of carbonyl (C=O) groups excluding carboxylic acids is 3. The van der Waals surface area contributed by atoms with Crippen LogP contribution in [-0.4, -0.2) is 42.0 Å². The van der Waals surface area contributed by atoms with Crippen LogP contribution in [0.15, 0.2) is 18.2 Å². The number of nitrogens with one attached hydrogen (secondary N) is 3. The molecule has 1 aromatic carbocycles. The van der Waals surface area contributed by atoms with Crippen LogP contribution in [0.3, 0.4) is 0 Å². The van der Waals surface area contributed by atoms with Gasteiger partial charge in [0.25, 0.3) is 11.6 Å². The molecule has 10 heteroatoms. The number of ether oxygens (including phenoxy) is 1. The topological polar surface area (TPSA) is 140 Å². The maximum absolute atomic E-state index is 12.1. The predicted molar refractivity (Wildman–Crippen MR) is 89.3 cm³/mol. The number of nitrogens with zero attached hydrogens (tertiary/aromatic N) is 1. The molecule has 1 rings (SSSR count). The molecule has 0 radical (unpaired) electrons. The minimum absolute atomic E-state index is 0.0861. The Morgan fingerprint density at radius 3 is 2.36 bits per heavy atom. The molecule has 0 aliphatic carbocycles. The van der Waals surface area contributed by atoms with Crippen LogP contribution in [0.1, 0.15) is 31.1 Å². The van der Waals surface area contributed by atoms with Crippen LogP contribution < -0.4 is 16.0 Å². The molecule has 0 saturated carbocycles. The van der Waals surface area contributed by atoms with Crippen LogP contribution in [0.4, 0.5) is 16.2 Å². The molecule has 1 aromatic rings. The van der Waals surface area contributed by atoms with E-state index in [1.807, 2.05) is 5.32 Å². The fraction of sp³-hybridized carbons (Fsp3) is 0.400. The van der Waals surface area contributed by atoms with Crippen LogP contribution >= 0.6 is 0 Å². The number of esters is 1. The first-order valence-electron chi connectivity index (χ1n) is 7.44. The van der Waals surface area contributed by atoms with Gasteiger partial charge in [-0.05, 0) is 32.9 Å². The third-order valence-corrected chi connectivity index (χ3v) is 3.01. The van der Waals surface area contributed by atoms with Gasteiger partial charge in [0.15, 0.2) is 6.10 Å². The lowest BCUT2D eigenvalue weighted by atomic mass is 10.1. The summed E-state index contributed by atoms with van der Waals surface area (Å²) in [6.07, 6.45) is -1.26. The number of anilines is 1. The maximum Gasteiger partial charge on any atom is 0.339 e. The van der Waals surface area contributed by atoms with E-state index >= 15 is 0 Å². The van der Waals surface area contributed by atoms with Crippen molar-refractivity contribution in [2.24, 2.45) is 0 Å². The zero-order valence-corrected chi connectivity index (χ0v) is 14.3. The van der Waals surface area contributed by atoms with E-state index in [0.29, 0.717) is 0 Å². The van der Waals surface area contributed by atoms with E-state index in [0.717, 1.165) is 6.07 Å². The summed E-state index contributed by atoms with van der Waals surface area (Å²) in [7, 11) is 1.51. The second-order valence-electron chi connectivity index (χ2n) is 5.40. The van der Waals surface area contributed by atoms with Crippen molar-refractivity contribution in [1.82, 2.24) is 10.6 Å². The van der Waals surface area contributed by atoms with Gasteiger partial charge < -0.3 is 15.4 Å². The molecule has 136 valence electrons. The third-order valence-electron chi connectivity index (χ3n) is 3.01. The molecule has 0 aliphatic rings.